The highest BCUT2D eigenvalue weighted by Crippen LogP contribution is 2.27. The number of anilines is 1. The molecule has 0 radical (unpaired) electrons. The summed E-state index contributed by atoms with van der Waals surface area (Å²) in [5, 5.41) is 0. The van der Waals surface area contributed by atoms with Crippen LogP contribution in [-0.4, -0.2) is 39.7 Å². The van der Waals surface area contributed by atoms with Crippen molar-refractivity contribution in [2.45, 2.75) is 45.6 Å². The third-order valence-corrected chi connectivity index (χ3v) is 3.18. The number of aryl methyl sites for hydroxylation is 1. The van der Waals surface area contributed by atoms with Crippen LogP contribution in [0.2, 0.25) is 0 Å². The number of aromatic nitrogens is 2. The van der Waals surface area contributed by atoms with Gasteiger partial charge in [0, 0.05) is 19.0 Å². The zero-order valence-electron chi connectivity index (χ0n) is 12.5. The van der Waals surface area contributed by atoms with E-state index in [1.165, 1.54) is 0 Å². The lowest BCUT2D eigenvalue weighted by Crippen LogP contribution is -2.50. The molecule has 1 aliphatic rings. The van der Waals surface area contributed by atoms with E-state index < -0.39 is 5.60 Å². The van der Waals surface area contributed by atoms with E-state index in [2.05, 4.69) is 9.97 Å². The maximum Gasteiger partial charge on any atom is 0.410 e. The second kappa shape index (κ2) is 5.26. The topological polar surface area (TPSA) is 81.3 Å². The molecule has 0 aliphatic carbocycles. The Hall–Kier alpha value is -1.85. The predicted molar refractivity (Wildman–Crippen MR) is 76.4 cm³/mol. The Morgan fingerprint density at radius 3 is 2.70 bits per heavy atom. The van der Waals surface area contributed by atoms with Gasteiger partial charge >= 0.3 is 6.09 Å². The maximum absolute atomic E-state index is 11.8. The Balaban J connectivity index is 1.95. The van der Waals surface area contributed by atoms with Crippen LogP contribution in [0.1, 0.15) is 45.0 Å². The molecule has 110 valence electrons. The minimum Gasteiger partial charge on any atom is -0.444 e. The van der Waals surface area contributed by atoms with E-state index in [1.807, 2.05) is 27.7 Å². The van der Waals surface area contributed by atoms with Gasteiger partial charge < -0.3 is 15.4 Å². The number of amides is 1. The molecule has 20 heavy (non-hydrogen) atoms. The van der Waals surface area contributed by atoms with Gasteiger partial charge in [-0.05, 0) is 27.2 Å². The maximum atomic E-state index is 11.8. The van der Waals surface area contributed by atoms with Gasteiger partial charge in [0.25, 0.3) is 0 Å². The smallest absolute Gasteiger partial charge is 0.410 e. The van der Waals surface area contributed by atoms with E-state index in [-0.39, 0.29) is 12.0 Å². The highest BCUT2D eigenvalue weighted by molar-refractivity contribution is 5.69. The highest BCUT2D eigenvalue weighted by Gasteiger charge is 2.35. The molecular formula is C14H22N4O2. The van der Waals surface area contributed by atoms with Crippen LogP contribution >= 0.6 is 0 Å². The van der Waals surface area contributed by atoms with Gasteiger partial charge in [-0.15, -0.1) is 0 Å². The minimum atomic E-state index is -0.460. The molecule has 2 heterocycles. The van der Waals surface area contributed by atoms with Crippen LogP contribution in [-0.2, 0) is 11.2 Å². The first-order valence-corrected chi connectivity index (χ1v) is 6.89. The Bertz CT molecular complexity index is 504. The Labute approximate surface area is 119 Å². The number of hydrogen-bond acceptors (Lipinski definition) is 5. The largest absolute Gasteiger partial charge is 0.444 e. The fourth-order valence-corrected chi connectivity index (χ4v) is 2.05. The van der Waals surface area contributed by atoms with Gasteiger partial charge in [0.1, 0.15) is 11.4 Å². The predicted octanol–water partition coefficient (Wildman–Crippen LogP) is 1.96. The first kappa shape index (κ1) is 14.6. The summed E-state index contributed by atoms with van der Waals surface area (Å²) in [5.41, 5.74) is 7.00. The van der Waals surface area contributed by atoms with E-state index >= 15 is 0 Å². The van der Waals surface area contributed by atoms with Crippen molar-refractivity contribution in [2.75, 3.05) is 18.8 Å². The number of nitrogens with zero attached hydrogens (tertiary/aromatic N) is 3. The molecule has 6 nitrogen and oxygen atoms in total. The van der Waals surface area contributed by atoms with Gasteiger partial charge in [-0.2, -0.15) is 0 Å². The number of nitrogen functional groups attached to an aromatic ring is 1. The van der Waals surface area contributed by atoms with Crippen molar-refractivity contribution in [3.63, 3.8) is 0 Å². The van der Waals surface area contributed by atoms with Crippen molar-refractivity contribution in [1.29, 1.82) is 0 Å². The van der Waals surface area contributed by atoms with Gasteiger partial charge in [0.2, 0.25) is 0 Å². The molecule has 1 aliphatic heterocycles. The van der Waals surface area contributed by atoms with Crippen molar-refractivity contribution in [1.82, 2.24) is 14.9 Å². The lowest BCUT2D eigenvalue weighted by atomic mass is 9.97. The quantitative estimate of drug-likeness (QED) is 0.894. The third kappa shape index (κ3) is 3.18. The Morgan fingerprint density at radius 1 is 1.50 bits per heavy atom. The average molecular weight is 278 g/mol. The molecular weight excluding hydrogens is 256 g/mol. The Morgan fingerprint density at radius 2 is 2.15 bits per heavy atom. The van der Waals surface area contributed by atoms with Crippen LogP contribution in [0.4, 0.5) is 10.6 Å². The standard InChI is InChI=1S/C14H22N4O2/c1-5-10-12(15)16-6-11(17-10)9-7-18(8-9)13(19)20-14(2,3)4/h6,9H,5,7-8H2,1-4H3,(H2,15,16). The molecule has 1 saturated heterocycles. The van der Waals surface area contributed by atoms with Crippen LogP contribution in [0.15, 0.2) is 6.20 Å². The molecule has 1 amide bonds. The molecule has 1 fully saturated rings. The van der Waals surface area contributed by atoms with Crippen LogP contribution in [0.5, 0.6) is 0 Å². The van der Waals surface area contributed by atoms with Gasteiger partial charge in [0.05, 0.1) is 17.6 Å². The molecule has 6 heteroatoms. The highest BCUT2D eigenvalue weighted by atomic mass is 16.6. The Kier molecular flexibility index (Phi) is 3.83. The first-order chi connectivity index (χ1) is 9.30. The second-order valence-electron chi connectivity index (χ2n) is 6.06. The lowest BCUT2D eigenvalue weighted by Gasteiger charge is -2.39. The number of ether oxygens (including phenoxy) is 1. The zero-order chi connectivity index (χ0) is 14.9. The van der Waals surface area contributed by atoms with Crippen LogP contribution in [0.25, 0.3) is 0 Å². The zero-order valence-corrected chi connectivity index (χ0v) is 12.5. The van der Waals surface area contributed by atoms with E-state index in [4.69, 9.17) is 10.5 Å². The summed E-state index contributed by atoms with van der Waals surface area (Å²) in [6.45, 7) is 8.83. The normalized spacial score (nSPS) is 15.9. The molecule has 0 saturated carbocycles. The summed E-state index contributed by atoms with van der Waals surface area (Å²) in [6.07, 6.45) is 2.19. The SMILES string of the molecule is CCc1nc(C2CN(C(=O)OC(C)(C)C)C2)cnc1N. The van der Waals surface area contributed by atoms with Crippen molar-refractivity contribution >= 4 is 11.9 Å². The fourth-order valence-electron chi connectivity index (χ4n) is 2.05. The van der Waals surface area contributed by atoms with Crippen LogP contribution in [0.3, 0.4) is 0 Å². The van der Waals surface area contributed by atoms with Crippen molar-refractivity contribution < 1.29 is 9.53 Å². The van der Waals surface area contributed by atoms with E-state index in [0.717, 1.165) is 17.8 Å². The van der Waals surface area contributed by atoms with E-state index in [1.54, 1.807) is 11.1 Å². The number of carbonyl (C=O) groups excluding carboxylic acids is 1. The molecule has 0 spiro atoms. The molecule has 1 aromatic heterocycles. The van der Waals surface area contributed by atoms with E-state index in [9.17, 15) is 4.79 Å². The third-order valence-electron chi connectivity index (χ3n) is 3.18. The lowest BCUT2D eigenvalue weighted by molar-refractivity contribution is 0.00783. The summed E-state index contributed by atoms with van der Waals surface area (Å²) in [5.74, 6) is 0.709. The van der Waals surface area contributed by atoms with Crippen LogP contribution in [0, 0.1) is 0 Å². The van der Waals surface area contributed by atoms with Gasteiger partial charge in [-0.3, -0.25) is 4.98 Å². The number of nitrogens with two attached hydrogens (primary N) is 1. The van der Waals surface area contributed by atoms with Gasteiger partial charge in [-0.1, -0.05) is 6.92 Å². The molecule has 1 aromatic rings. The summed E-state index contributed by atoms with van der Waals surface area (Å²) in [4.78, 5) is 22.2. The van der Waals surface area contributed by atoms with Gasteiger partial charge in [0.15, 0.2) is 0 Å². The molecule has 0 unspecified atom stereocenters. The summed E-state index contributed by atoms with van der Waals surface area (Å²) in [6, 6.07) is 0. The average Bonchev–Trinajstić information content (AvgIpc) is 2.26. The van der Waals surface area contributed by atoms with Crippen LogP contribution < -0.4 is 5.73 Å². The molecule has 0 aromatic carbocycles. The van der Waals surface area contributed by atoms with E-state index in [0.29, 0.717) is 18.9 Å². The molecule has 2 rings (SSSR count). The van der Waals surface area contributed by atoms with Gasteiger partial charge in [-0.25, -0.2) is 9.78 Å². The summed E-state index contributed by atoms with van der Waals surface area (Å²) < 4.78 is 5.32. The molecule has 0 bridgehead atoms. The minimum absolute atomic E-state index is 0.223. The summed E-state index contributed by atoms with van der Waals surface area (Å²) in [7, 11) is 0. The van der Waals surface area contributed by atoms with Crippen molar-refractivity contribution in [3.8, 4) is 0 Å². The molecule has 0 atom stereocenters. The number of likely N-dealkylation sites (tertiary alicyclic amines) is 1. The number of hydrogen-bond donors (Lipinski definition) is 1. The first-order valence-electron chi connectivity index (χ1n) is 6.89. The number of carbonyl (C=O) groups is 1. The van der Waals surface area contributed by atoms with Crippen molar-refractivity contribution in [3.05, 3.63) is 17.6 Å². The number of rotatable bonds is 2. The molecule has 2 N–H and O–H groups in total. The monoisotopic (exact) mass is 278 g/mol. The second-order valence-corrected chi connectivity index (χ2v) is 6.06. The van der Waals surface area contributed by atoms with Crippen molar-refractivity contribution in [2.24, 2.45) is 0 Å². The summed E-state index contributed by atoms with van der Waals surface area (Å²) >= 11 is 0. The fraction of sp³-hybridized carbons (Fsp3) is 0.643.